The van der Waals surface area contributed by atoms with E-state index in [4.69, 9.17) is 0 Å². The van der Waals surface area contributed by atoms with Crippen molar-refractivity contribution < 1.29 is 13.6 Å². The minimum Gasteiger partial charge on any atom is -0.352 e. The van der Waals surface area contributed by atoms with E-state index >= 15 is 0 Å². The molecule has 0 aromatic heterocycles. The van der Waals surface area contributed by atoms with Crippen molar-refractivity contribution in [1.82, 2.24) is 10.6 Å². The van der Waals surface area contributed by atoms with Crippen molar-refractivity contribution in [3.05, 3.63) is 35.4 Å². The first-order valence-corrected chi connectivity index (χ1v) is 7.03. The zero-order valence-electron chi connectivity index (χ0n) is 11.2. The lowest BCUT2D eigenvalue weighted by molar-refractivity contribution is -0.123. The number of halogens is 2. The first-order valence-electron chi connectivity index (χ1n) is 7.03. The van der Waals surface area contributed by atoms with E-state index in [1.807, 2.05) is 0 Å². The standard InChI is InChI=1S/C15H18F2N2O/c16-11-2-1-10(13(17)7-11)9-19-14(20)12-8-15(12)3-5-18-6-4-15/h1-2,7,12,18H,3-6,8-9H2,(H,19,20). The lowest BCUT2D eigenvalue weighted by Gasteiger charge is -2.23. The normalized spacial score (nSPS) is 23.6. The lowest BCUT2D eigenvalue weighted by atomic mass is 9.92. The Morgan fingerprint density at radius 3 is 2.80 bits per heavy atom. The van der Waals surface area contributed by atoms with Crippen molar-refractivity contribution in [2.45, 2.75) is 25.8 Å². The summed E-state index contributed by atoms with van der Waals surface area (Å²) >= 11 is 0. The van der Waals surface area contributed by atoms with Crippen molar-refractivity contribution >= 4 is 5.91 Å². The highest BCUT2D eigenvalue weighted by atomic mass is 19.1. The molecule has 20 heavy (non-hydrogen) atoms. The molecule has 3 nitrogen and oxygen atoms in total. The zero-order chi connectivity index (χ0) is 14.2. The highest BCUT2D eigenvalue weighted by Gasteiger charge is 2.57. The van der Waals surface area contributed by atoms with Gasteiger partial charge >= 0.3 is 0 Å². The molecule has 5 heteroatoms. The van der Waals surface area contributed by atoms with Gasteiger partial charge in [-0.1, -0.05) is 6.07 Å². The van der Waals surface area contributed by atoms with Crippen molar-refractivity contribution in [2.24, 2.45) is 11.3 Å². The minimum absolute atomic E-state index is 0.00405. The number of amides is 1. The van der Waals surface area contributed by atoms with Crippen LogP contribution in [0, 0.1) is 23.0 Å². The first kappa shape index (κ1) is 13.5. The lowest BCUT2D eigenvalue weighted by Crippen LogP contribution is -2.33. The summed E-state index contributed by atoms with van der Waals surface area (Å²) in [4.78, 5) is 12.1. The number of carbonyl (C=O) groups excluding carboxylic acids is 1. The van der Waals surface area contributed by atoms with E-state index in [0.29, 0.717) is 5.56 Å². The number of rotatable bonds is 3. The summed E-state index contributed by atoms with van der Waals surface area (Å²) in [6.07, 6.45) is 3.01. The average Bonchev–Trinajstić information content (AvgIpc) is 3.12. The summed E-state index contributed by atoms with van der Waals surface area (Å²) < 4.78 is 26.3. The number of hydrogen-bond donors (Lipinski definition) is 2. The van der Waals surface area contributed by atoms with Crippen LogP contribution >= 0.6 is 0 Å². The molecule has 1 saturated heterocycles. The molecule has 0 bridgehead atoms. The Labute approximate surface area is 116 Å². The number of piperidine rings is 1. The van der Waals surface area contributed by atoms with Crippen molar-refractivity contribution in [3.8, 4) is 0 Å². The highest BCUT2D eigenvalue weighted by molar-refractivity contribution is 5.82. The van der Waals surface area contributed by atoms with Gasteiger partial charge in [0.25, 0.3) is 0 Å². The monoisotopic (exact) mass is 280 g/mol. The molecule has 108 valence electrons. The van der Waals surface area contributed by atoms with Gasteiger partial charge in [-0.2, -0.15) is 0 Å². The number of carbonyl (C=O) groups is 1. The van der Waals surface area contributed by atoms with E-state index in [0.717, 1.165) is 38.4 Å². The summed E-state index contributed by atoms with van der Waals surface area (Å²) in [5.74, 6) is -1.16. The maximum Gasteiger partial charge on any atom is 0.223 e. The third-order valence-electron chi connectivity index (χ3n) is 4.57. The average molecular weight is 280 g/mol. The number of nitrogens with one attached hydrogen (secondary N) is 2. The topological polar surface area (TPSA) is 41.1 Å². The molecule has 1 aliphatic carbocycles. The van der Waals surface area contributed by atoms with Gasteiger partial charge in [0, 0.05) is 24.1 Å². The Kier molecular flexibility index (Phi) is 3.46. The summed E-state index contributed by atoms with van der Waals surface area (Å²) in [5.41, 5.74) is 0.496. The first-order chi connectivity index (χ1) is 9.61. The maximum atomic E-state index is 13.5. The highest BCUT2D eigenvalue weighted by Crippen LogP contribution is 2.58. The SMILES string of the molecule is O=C(NCc1ccc(F)cc1F)C1CC12CCNCC2. The molecule has 1 spiro atoms. The van der Waals surface area contributed by atoms with Crippen LogP contribution in [0.2, 0.25) is 0 Å². The predicted molar refractivity (Wildman–Crippen MR) is 70.8 cm³/mol. The van der Waals surface area contributed by atoms with Crippen LogP contribution in [0.5, 0.6) is 0 Å². The van der Waals surface area contributed by atoms with Crippen LogP contribution in [0.15, 0.2) is 18.2 Å². The van der Waals surface area contributed by atoms with Crippen molar-refractivity contribution in [3.63, 3.8) is 0 Å². The minimum atomic E-state index is -0.613. The van der Waals surface area contributed by atoms with Gasteiger partial charge in [0.15, 0.2) is 0 Å². The largest absolute Gasteiger partial charge is 0.352 e. The molecule has 1 aromatic carbocycles. The Morgan fingerprint density at radius 1 is 1.35 bits per heavy atom. The third-order valence-corrected chi connectivity index (χ3v) is 4.57. The van der Waals surface area contributed by atoms with Gasteiger partial charge in [0.1, 0.15) is 11.6 Å². The van der Waals surface area contributed by atoms with Crippen LogP contribution in [0.4, 0.5) is 8.78 Å². The fraction of sp³-hybridized carbons (Fsp3) is 0.533. The van der Waals surface area contributed by atoms with Gasteiger partial charge in [0.05, 0.1) is 0 Å². The van der Waals surface area contributed by atoms with Gasteiger partial charge in [-0.25, -0.2) is 8.78 Å². The van der Waals surface area contributed by atoms with Crippen LogP contribution in [0.3, 0.4) is 0 Å². The molecular weight excluding hydrogens is 262 g/mol. The number of benzene rings is 1. The fourth-order valence-electron chi connectivity index (χ4n) is 3.17. The summed E-state index contributed by atoms with van der Waals surface area (Å²) in [5, 5.41) is 6.06. The molecule has 1 aliphatic heterocycles. The number of hydrogen-bond acceptors (Lipinski definition) is 2. The van der Waals surface area contributed by atoms with Gasteiger partial charge in [-0.05, 0) is 43.8 Å². The predicted octanol–water partition coefficient (Wildman–Crippen LogP) is 1.97. The Hall–Kier alpha value is -1.49. The molecule has 2 N–H and O–H groups in total. The summed E-state index contributed by atoms with van der Waals surface area (Å²) in [7, 11) is 0. The second-order valence-electron chi connectivity index (χ2n) is 5.82. The summed E-state index contributed by atoms with van der Waals surface area (Å²) in [6.45, 7) is 2.06. The second-order valence-corrected chi connectivity index (χ2v) is 5.82. The van der Waals surface area contributed by atoms with Crippen LogP contribution in [-0.2, 0) is 11.3 Å². The van der Waals surface area contributed by atoms with Gasteiger partial charge < -0.3 is 10.6 Å². The second kappa shape index (κ2) is 5.13. The van der Waals surface area contributed by atoms with E-state index in [-0.39, 0.29) is 23.8 Å². The molecule has 1 aromatic rings. The molecule has 0 radical (unpaired) electrons. The van der Waals surface area contributed by atoms with Crippen molar-refractivity contribution in [2.75, 3.05) is 13.1 Å². The van der Waals surface area contributed by atoms with Gasteiger partial charge in [-0.3, -0.25) is 4.79 Å². The summed E-state index contributed by atoms with van der Waals surface area (Å²) in [6, 6.07) is 3.42. The molecule has 3 rings (SSSR count). The Bertz CT molecular complexity index is 527. The molecule has 1 saturated carbocycles. The van der Waals surface area contributed by atoms with Crippen LogP contribution in [-0.4, -0.2) is 19.0 Å². The van der Waals surface area contributed by atoms with Gasteiger partial charge in [-0.15, -0.1) is 0 Å². The van der Waals surface area contributed by atoms with E-state index < -0.39 is 11.6 Å². The van der Waals surface area contributed by atoms with Gasteiger partial charge in [0.2, 0.25) is 5.91 Å². The fourth-order valence-corrected chi connectivity index (χ4v) is 3.17. The van der Waals surface area contributed by atoms with E-state index in [2.05, 4.69) is 10.6 Å². The molecule has 1 atom stereocenters. The van der Waals surface area contributed by atoms with Crippen LogP contribution < -0.4 is 10.6 Å². The van der Waals surface area contributed by atoms with Crippen molar-refractivity contribution in [1.29, 1.82) is 0 Å². The van der Waals surface area contributed by atoms with E-state index in [9.17, 15) is 13.6 Å². The quantitative estimate of drug-likeness (QED) is 0.889. The molecule has 1 amide bonds. The third kappa shape index (κ3) is 2.54. The van der Waals surface area contributed by atoms with Crippen LogP contribution in [0.1, 0.15) is 24.8 Å². The smallest absolute Gasteiger partial charge is 0.223 e. The zero-order valence-corrected chi connectivity index (χ0v) is 11.2. The van der Waals surface area contributed by atoms with E-state index in [1.165, 1.54) is 12.1 Å². The Balaban J connectivity index is 1.55. The molecule has 2 fully saturated rings. The molecule has 1 heterocycles. The van der Waals surface area contributed by atoms with Crippen LogP contribution in [0.25, 0.3) is 0 Å². The van der Waals surface area contributed by atoms with E-state index in [1.54, 1.807) is 0 Å². The molecule has 1 unspecified atom stereocenters. The molecular formula is C15H18F2N2O. The Morgan fingerprint density at radius 2 is 2.10 bits per heavy atom. The molecule has 2 aliphatic rings. The maximum absolute atomic E-state index is 13.5.